The maximum Gasteiger partial charge on any atom is 0.265 e. The van der Waals surface area contributed by atoms with Crippen LogP contribution < -0.4 is 15.4 Å². The van der Waals surface area contributed by atoms with Crippen LogP contribution in [0.3, 0.4) is 0 Å². The van der Waals surface area contributed by atoms with Crippen molar-refractivity contribution in [3.63, 3.8) is 0 Å². The van der Waals surface area contributed by atoms with Gasteiger partial charge in [-0.1, -0.05) is 17.7 Å². The van der Waals surface area contributed by atoms with E-state index in [1.807, 2.05) is 0 Å². The highest BCUT2D eigenvalue weighted by atomic mass is 35.5. The fourth-order valence-electron chi connectivity index (χ4n) is 2.04. The van der Waals surface area contributed by atoms with Gasteiger partial charge >= 0.3 is 0 Å². The second-order valence-electron chi connectivity index (χ2n) is 4.75. The maximum atomic E-state index is 12.4. The van der Waals surface area contributed by atoms with E-state index < -0.39 is 6.10 Å². The molecule has 6 nitrogen and oxygen atoms in total. The largest absolute Gasteiger partial charge is 0.478 e. The van der Waals surface area contributed by atoms with Crippen LogP contribution >= 0.6 is 11.6 Å². The van der Waals surface area contributed by atoms with Crippen LogP contribution in [-0.4, -0.2) is 22.9 Å². The first kappa shape index (κ1) is 14.3. The Labute approximate surface area is 131 Å². The summed E-state index contributed by atoms with van der Waals surface area (Å²) in [7, 11) is 0. The van der Waals surface area contributed by atoms with Crippen LogP contribution in [0.1, 0.15) is 17.3 Å². The number of benzene rings is 1. The number of rotatable bonds is 2. The van der Waals surface area contributed by atoms with Gasteiger partial charge in [0.25, 0.3) is 11.8 Å². The number of fused-ring (bicyclic) bond motifs is 1. The van der Waals surface area contributed by atoms with Gasteiger partial charge in [-0.15, -0.1) is 0 Å². The van der Waals surface area contributed by atoms with Crippen molar-refractivity contribution < 1.29 is 14.3 Å². The van der Waals surface area contributed by atoms with E-state index in [2.05, 4.69) is 15.6 Å². The molecular formula is C15H12ClN3O3. The lowest BCUT2D eigenvalue weighted by Crippen LogP contribution is -2.35. The number of nitrogens with zero attached hydrogens (tertiary/aromatic N) is 1. The van der Waals surface area contributed by atoms with E-state index in [-0.39, 0.29) is 11.8 Å². The molecule has 0 aliphatic carbocycles. The van der Waals surface area contributed by atoms with Gasteiger partial charge in [0.1, 0.15) is 5.82 Å². The minimum absolute atomic E-state index is 0.246. The van der Waals surface area contributed by atoms with Crippen molar-refractivity contribution in [2.24, 2.45) is 0 Å². The maximum absolute atomic E-state index is 12.4. The number of ether oxygens (including phenoxy) is 1. The molecule has 1 aromatic carbocycles. The molecule has 1 unspecified atom stereocenters. The minimum Gasteiger partial charge on any atom is -0.478 e. The highest BCUT2D eigenvalue weighted by Crippen LogP contribution is 2.33. The van der Waals surface area contributed by atoms with Crippen molar-refractivity contribution in [1.29, 1.82) is 0 Å². The standard InChI is InChI=1S/C15H12ClN3O3/c1-8-14(20)18-11-4-2-3-10(13(11)22-8)15(21)19-12-6-5-9(16)7-17-12/h2-8H,1H3,(H,18,20)(H,17,19,21). The molecule has 7 heteroatoms. The molecule has 0 spiro atoms. The summed E-state index contributed by atoms with van der Waals surface area (Å²) in [6.07, 6.45) is 0.784. The Bertz CT molecular complexity index is 746. The summed E-state index contributed by atoms with van der Waals surface area (Å²) in [5, 5.41) is 5.84. The third kappa shape index (κ3) is 2.73. The quantitative estimate of drug-likeness (QED) is 0.892. The third-order valence-electron chi connectivity index (χ3n) is 3.15. The SMILES string of the molecule is CC1Oc2c(cccc2C(=O)Nc2ccc(Cl)cn2)NC1=O. The third-order valence-corrected chi connectivity index (χ3v) is 3.37. The van der Waals surface area contributed by atoms with Crippen LogP contribution in [0.25, 0.3) is 0 Å². The molecule has 2 N–H and O–H groups in total. The van der Waals surface area contributed by atoms with Gasteiger partial charge in [-0.05, 0) is 31.2 Å². The lowest BCUT2D eigenvalue weighted by molar-refractivity contribution is -0.122. The Morgan fingerprint density at radius 3 is 2.91 bits per heavy atom. The highest BCUT2D eigenvalue weighted by molar-refractivity contribution is 6.30. The van der Waals surface area contributed by atoms with Crippen LogP contribution in [0, 0.1) is 0 Å². The number of pyridine rings is 1. The molecule has 1 aromatic heterocycles. The molecule has 1 aliphatic heterocycles. The summed E-state index contributed by atoms with van der Waals surface area (Å²) >= 11 is 5.75. The lowest BCUT2D eigenvalue weighted by Gasteiger charge is -2.24. The van der Waals surface area contributed by atoms with E-state index in [0.29, 0.717) is 27.8 Å². The van der Waals surface area contributed by atoms with Crippen LogP contribution in [0.15, 0.2) is 36.5 Å². The first-order valence-corrected chi connectivity index (χ1v) is 6.96. The van der Waals surface area contributed by atoms with E-state index in [4.69, 9.17) is 16.3 Å². The zero-order valence-corrected chi connectivity index (χ0v) is 12.3. The normalized spacial score (nSPS) is 16.3. The average Bonchev–Trinajstić information content (AvgIpc) is 2.50. The van der Waals surface area contributed by atoms with E-state index in [9.17, 15) is 9.59 Å². The summed E-state index contributed by atoms with van der Waals surface area (Å²) in [5.41, 5.74) is 0.793. The minimum atomic E-state index is -0.657. The van der Waals surface area contributed by atoms with Gasteiger partial charge < -0.3 is 15.4 Å². The van der Waals surface area contributed by atoms with Crippen molar-refractivity contribution in [2.75, 3.05) is 10.6 Å². The van der Waals surface area contributed by atoms with Crippen molar-refractivity contribution in [3.05, 3.63) is 47.1 Å². The number of nitrogens with one attached hydrogen (secondary N) is 2. The zero-order chi connectivity index (χ0) is 15.7. The molecule has 0 bridgehead atoms. The molecule has 2 heterocycles. The summed E-state index contributed by atoms with van der Waals surface area (Å²) in [5.74, 6) is 0.0976. The van der Waals surface area contributed by atoms with Crippen LogP contribution in [-0.2, 0) is 4.79 Å². The molecule has 2 amide bonds. The first-order chi connectivity index (χ1) is 10.5. The van der Waals surface area contributed by atoms with E-state index in [1.165, 1.54) is 6.20 Å². The first-order valence-electron chi connectivity index (χ1n) is 6.58. The second-order valence-corrected chi connectivity index (χ2v) is 5.18. The second kappa shape index (κ2) is 5.65. The van der Waals surface area contributed by atoms with Gasteiger partial charge in [0.05, 0.1) is 16.3 Å². The van der Waals surface area contributed by atoms with E-state index >= 15 is 0 Å². The van der Waals surface area contributed by atoms with Crippen molar-refractivity contribution in [2.45, 2.75) is 13.0 Å². The number of halogens is 1. The Kier molecular flexibility index (Phi) is 3.68. The summed E-state index contributed by atoms with van der Waals surface area (Å²) in [6.45, 7) is 1.62. The van der Waals surface area contributed by atoms with Gasteiger partial charge in [-0.25, -0.2) is 4.98 Å². The monoisotopic (exact) mass is 317 g/mol. The molecule has 22 heavy (non-hydrogen) atoms. The smallest absolute Gasteiger partial charge is 0.265 e. The van der Waals surface area contributed by atoms with Crippen LogP contribution in [0.2, 0.25) is 5.02 Å². The topological polar surface area (TPSA) is 80.3 Å². The fraction of sp³-hybridized carbons (Fsp3) is 0.133. The Balaban J connectivity index is 1.89. The van der Waals surface area contributed by atoms with Crippen molar-refractivity contribution >= 4 is 34.9 Å². The number of carbonyl (C=O) groups is 2. The Morgan fingerprint density at radius 1 is 1.36 bits per heavy atom. The molecular weight excluding hydrogens is 306 g/mol. The lowest BCUT2D eigenvalue weighted by atomic mass is 10.1. The zero-order valence-electron chi connectivity index (χ0n) is 11.6. The molecule has 0 saturated carbocycles. The van der Waals surface area contributed by atoms with E-state index in [1.54, 1.807) is 37.3 Å². The van der Waals surface area contributed by atoms with Gasteiger partial charge in [0.2, 0.25) is 0 Å². The molecule has 1 aliphatic rings. The highest BCUT2D eigenvalue weighted by Gasteiger charge is 2.27. The van der Waals surface area contributed by atoms with Crippen LogP contribution in [0.4, 0.5) is 11.5 Å². The molecule has 0 fully saturated rings. The fourth-order valence-corrected chi connectivity index (χ4v) is 2.15. The molecule has 1 atom stereocenters. The number of amides is 2. The predicted octanol–water partition coefficient (Wildman–Crippen LogP) is 2.71. The molecule has 112 valence electrons. The number of carbonyl (C=O) groups excluding carboxylic acids is 2. The van der Waals surface area contributed by atoms with Gasteiger partial charge in [-0.3, -0.25) is 9.59 Å². The summed E-state index contributed by atoms with van der Waals surface area (Å²) in [6, 6.07) is 8.19. The Morgan fingerprint density at radius 2 is 2.18 bits per heavy atom. The van der Waals surface area contributed by atoms with E-state index in [0.717, 1.165) is 0 Å². The van der Waals surface area contributed by atoms with Crippen molar-refractivity contribution in [3.8, 4) is 5.75 Å². The average molecular weight is 318 g/mol. The number of hydrogen-bond donors (Lipinski definition) is 2. The molecule has 0 saturated heterocycles. The number of aromatic nitrogens is 1. The molecule has 0 radical (unpaired) electrons. The summed E-state index contributed by atoms with van der Waals surface area (Å²) in [4.78, 5) is 28.0. The summed E-state index contributed by atoms with van der Waals surface area (Å²) < 4.78 is 5.54. The van der Waals surface area contributed by atoms with Crippen LogP contribution in [0.5, 0.6) is 5.75 Å². The Hall–Kier alpha value is -2.60. The predicted molar refractivity (Wildman–Crippen MR) is 82.4 cm³/mol. The van der Waals surface area contributed by atoms with Gasteiger partial charge in [0, 0.05) is 6.20 Å². The number of para-hydroxylation sites is 1. The van der Waals surface area contributed by atoms with Gasteiger partial charge in [0.15, 0.2) is 11.9 Å². The molecule has 2 aromatic rings. The molecule has 3 rings (SSSR count). The van der Waals surface area contributed by atoms with Crippen molar-refractivity contribution in [1.82, 2.24) is 4.98 Å². The number of anilines is 2. The van der Waals surface area contributed by atoms with Gasteiger partial charge in [-0.2, -0.15) is 0 Å². The number of hydrogen-bond acceptors (Lipinski definition) is 4.